The Morgan fingerprint density at radius 3 is 1.47 bits per heavy atom. The normalized spacial score (nSPS) is 11.7. The van der Waals surface area contributed by atoms with Crippen LogP contribution in [0.5, 0.6) is 11.5 Å². The molecule has 0 unspecified atom stereocenters. The lowest BCUT2D eigenvalue weighted by molar-refractivity contribution is -0.471. The molecule has 0 aromatic heterocycles. The van der Waals surface area contributed by atoms with Crippen molar-refractivity contribution in [2.45, 2.75) is 38.6 Å². The molecule has 1 aromatic rings. The van der Waals surface area contributed by atoms with Crippen molar-refractivity contribution in [3.8, 4) is 11.5 Å². The molecule has 1 rings (SSSR count). The Morgan fingerprint density at radius 2 is 1.26 bits per heavy atom. The Hall–Kier alpha value is -1.38. The summed E-state index contributed by atoms with van der Waals surface area (Å²) in [4.78, 5) is 0. The summed E-state index contributed by atoms with van der Waals surface area (Å²) in [6.45, 7) is 2.87. The van der Waals surface area contributed by atoms with E-state index in [-0.39, 0.29) is 24.3 Å². The van der Waals surface area contributed by atoms with Gasteiger partial charge in [-0.15, -0.1) is 0 Å². The van der Waals surface area contributed by atoms with Crippen LogP contribution in [0.1, 0.15) is 26.7 Å². The van der Waals surface area contributed by atoms with Gasteiger partial charge in [-0.05, 0) is 12.1 Å². The summed E-state index contributed by atoms with van der Waals surface area (Å²) in [6, 6.07) is 5.85. The van der Waals surface area contributed by atoms with E-state index < -0.39 is 11.9 Å². The zero-order valence-corrected chi connectivity index (χ0v) is 10.8. The molecular formula is C12H20O7. The van der Waals surface area contributed by atoms with Crippen LogP contribution in [0.15, 0.2) is 24.3 Å². The second kappa shape index (κ2) is 7.27. The van der Waals surface area contributed by atoms with Gasteiger partial charge >= 0.3 is 0 Å². The second-order valence-electron chi connectivity index (χ2n) is 3.82. The van der Waals surface area contributed by atoms with Crippen molar-refractivity contribution in [2.75, 3.05) is 0 Å². The number of ether oxygens (including phenoxy) is 1. The number of aliphatic hydroxyl groups is 4. The largest absolute Gasteiger partial charge is 0.508 e. The molecule has 0 atom stereocenters. The number of benzene rings is 1. The molecule has 0 aliphatic rings. The first-order valence-electron chi connectivity index (χ1n) is 5.69. The number of aromatic hydroxyl groups is 2. The molecule has 0 aliphatic carbocycles. The third kappa shape index (κ3) is 8.36. The summed E-state index contributed by atoms with van der Waals surface area (Å²) < 4.78 is 4.15. The Kier molecular flexibility index (Phi) is 6.74. The molecule has 0 saturated carbocycles. The maximum Gasteiger partial charge on any atom is 0.281 e. The van der Waals surface area contributed by atoms with Crippen LogP contribution in [0, 0.1) is 0 Å². The lowest BCUT2D eigenvalue weighted by Gasteiger charge is -2.28. The number of hydrogen-bond donors (Lipinski definition) is 6. The van der Waals surface area contributed by atoms with Gasteiger partial charge in [0, 0.05) is 18.9 Å². The van der Waals surface area contributed by atoms with E-state index in [1.807, 2.05) is 0 Å². The summed E-state index contributed by atoms with van der Waals surface area (Å²) in [5.41, 5.74) is 0. The van der Waals surface area contributed by atoms with Gasteiger partial charge in [0.25, 0.3) is 11.9 Å². The SMILES string of the molecule is CCC(O)(O)OC(O)(O)CC.Oc1cccc(O)c1. The van der Waals surface area contributed by atoms with E-state index in [4.69, 9.17) is 30.6 Å². The molecule has 6 N–H and O–H groups in total. The summed E-state index contributed by atoms with van der Waals surface area (Å²) >= 11 is 0. The van der Waals surface area contributed by atoms with E-state index in [1.54, 1.807) is 6.07 Å². The van der Waals surface area contributed by atoms with Gasteiger partial charge in [0.15, 0.2) is 0 Å². The van der Waals surface area contributed by atoms with Gasteiger partial charge in [0.1, 0.15) is 11.5 Å². The molecule has 0 radical (unpaired) electrons. The Bertz CT molecular complexity index is 345. The lowest BCUT2D eigenvalue weighted by Crippen LogP contribution is -2.44. The minimum Gasteiger partial charge on any atom is -0.508 e. The van der Waals surface area contributed by atoms with Crippen LogP contribution in [-0.2, 0) is 4.74 Å². The van der Waals surface area contributed by atoms with Crippen molar-refractivity contribution in [2.24, 2.45) is 0 Å². The van der Waals surface area contributed by atoms with E-state index in [2.05, 4.69) is 4.74 Å². The lowest BCUT2D eigenvalue weighted by atomic mass is 10.3. The fourth-order valence-corrected chi connectivity index (χ4v) is 0.899. The monoisotopic (exact) mass is 276 g/mol. The van der Waals surface area contributed by atoms with Crippen molar-refractivity contribution in [1.82, 2.24) is 0 Å². The predicted molar refractivity (Wildman–Crippen MR) is 65.8 cm³/mol. The van der Waals surface area contributed by atoms with Crippen molar-refractivity contribution < 1.29 is 35.4 Å². The average molecular weight is 276 g/mol. The van der Waals surface area contributed by atoms with Crippen LogP contribution in [0.2, 0.25) is 0 Å². The van der Waals surface area contributed by atoms with Gasteiger partial charge in [0.2, 0.25) is 0 Å². The van der Waals surface area contributed by atoms with E-state index in [9.17, 15) is 0 Å². The van der Waals surface area contributed by atoms with Crippen LogP contribution in [0.3, 0.4) is 0 Å². The van der Waals surface area contributed by atoms with Crippen molar-refractivity contribution >= 4 is 0 Å². The Balaban J connectivity index is 0.000000356. The van der Waals surface area contributed by atoms with E-state index in [1.165, 1.54) is 32.0 Å². The average Bonchev–Trinajstić information content (AvgIpc) is 2.28. The molecule has 7 nitrogen and oxygen atoms in total. The summed E-state index contributed by atoms with van der Waals surface area (Å²) in [5.74, 6) is -4.77. The maximum absolute atomic E-state index is 8.80. The first-order chi connectivity index (χ1) is 8.62. The van der Waals surface area contributed by atoms with Gasteiger partial charge in [-0.25, -0.2) is 0 Å². The molecule has 1 aromatic carbocycles. The van der Waals surface area contributed by atoms with Gasteiger partial charge in [0.05, 0.1) is 0 Å². The molecule has 110 valence electrons. The van der Waals surface area contributed by atoms with Crippen LogP contribution in [-0.4, -0.2) is 42.6 Å². The van der Waals surface area contributed by atoms with E-state index >= 15 is 0 Å². The number of rotatable bonds is 4. The maximum atomic E-state index is 8.80. The standard InChI is InChI=1S/C6H14O5.C6H6O2/c1-3-5(7,8)11-6(9,10)4-2;7-5-2-1-3-6(8)4-5/h7-10H,3-4H2,1-2H3;1-4,7-8H. The van der Waals surface area contributed by atoms with Gasteiger partial charge in [-0.3, -0.25) is 4.74 Å². The highest BCUT2D eigenvalue weighted by molar-refractivity contribution is 5.30. The van der Waals surface area contributed by atoms with Gasteiger partial charge in [-0.1, -0.05) is 19.9 Å². The molecule has 0 saturated heterocycles. The second-order valence-corrected chi connectivity index (χ2v) is 3.82. The fraction of sp³-hybridized carbons (Fsp3) is 0.500. The van der Waals surface area contributed by atoms with E-state index in [0.717, 1.165) is 0 Å². The number of phenolic OH excluding ortho intramolecular Hbond substituents is 2. The first-order valence-corrected chi connectivity index (χ1v) is 5.69. The van der Waals surface area contributed by atoms with E-state index in [0.29, 0.717) is 0 Å². The van der Waals surface area contributed by atoms with Crippen molar-refractivity contribution in [3.05, 3.63) is 24.3 Å². The van der Waals surface area contributed by atoms with Gasteiger partial charge in [-0.2, -0.15) is 0 Å². The Labute approximate surface area is 111 Å². The molecule has 0 bridgehead atoms. The number of phenols is 2. The number of hydrogen-bond acceptors (Lipinski definition) is 7. The molecule has 0 spiro atoms. The highest BCUT2D eigenvalue weighted by Crippen LogP contribution is 2.17. The molecule has 0 amide bonds. The highest BCUT2D eigenvalue weighted by atomic mass is 16.9. The highest BCUT2D eigenvalue weighted by Gasteiger charge is 2.34. The minimum atomic E-state index is -2.47. The van der Waals surface area contributed by atoms with Gasteiger partial charge < -0.3 is 30.6 Å². The molecular weight excluding hydrogens is 256 g/mol. The van der Waals surface area contributed by atoms with Crippen LogP contribution in [0.25, 0.3) is 0 Å². The Morgan fingerprint density at radius 1 is 0.895 bits per heavy atom. The fourth-order valence-electron chi connectivity index (χ4n) is 0.899. The summed E-state index contributed by atoms with van der Waals surface area (Å²) in [7, 11) is 0. The zero-order chi connectivity index (χ0) is 15.1. The quantitative estimate of drug-likeness (QED) is 0.433. The molecule has 0 fully saturated rings. The smallest absolute Gasteiger partial charge is 0.281 e. The van der Waals surface area contributed by atoms with Crippen LogP contribution in [0.4, 0.5) is 0 Å². The minimum absolute atomic E-state index is 0.0880. The zero-order valence-electron chi connectivity index (χ0n) is 10.8. The van der Waals surface area contributed by atoms with Crippen molar-refractivity contribution in [3.63, 3.8) is 0 Å². The predicted octanol–water partition coefficient (Wildman–Crippen LogP) is 0.198. The summed E-state index contributed by atoms with van der Waals surface area (Å²) in [6.07, 6.45) is -0.286. The molecule has 0 aliphatic heterocycles. The topological polar surface area (TPSA) is 131 Å². The van der Waals surface area contributed by atoms with Crippen LogP contribution >= 0.6 is 0 Å². The molecule has 7 heteroatoms. The summed E-state index contributed by atoms with van der Waals surface area (Å²) in [5, 5.41) is 52.5. The first kappa shape index (κ1) is 17.6. The van der Waals surface area contributed by atoms with Crippen LogP contribution < -0.4 is 0 Å². The third-order valence-electron chi connectivity index (χ3n) is 2.08. The molecule has 0 heterocycles. The van der Waals surface area contributed by atoms with Crippen molar-refractivity contribution in [1.29, 1.82) is 0 Å². The third-order valence-corrected chi connectivity index (χ3v) is 2.08. The molecule has 19 heavy (non-hydrogen) atoms.